The summed E-state index contributed by atoms with van der Waals surface area (Å²) in [6.45, 7) is 8.80. The van der Waals surface area contributed by atoms with Crippen LogP contribution in [0, 0.1) is 5.92 Å². The van der Waals surface area contributed by atoms with Crippen molar-refractivity contribution in [3.05, 3.63) is 54.5 Å². The minimum Gasteiger partial charge on any atom is -0.467 e. The van der Waals surface area contributed by atoms with E-state index in [1.165, 1.54) is 23.3 Å². The molecule has 1 aromatic carbocycles. The quantitative estimate of drug-likeness (QED) is 0.611. The molecule has 8 nitrogen and oxygen atoms in total. The maximum atomic E-state index is 13.1. The molecule has 0 bridgehead atoms. The van der Waals surface area contributed by atoms with Crippen LogP contribution in [0.1, 0.15) is 40.4 Å². The SMILES string of the molecule is CC(C)[C@H](C(=O)NC(C)(C)C)N(Cc1ccco1)C(=O)CNS(=O)(=O)c1ccccc1. The van der Waals surface area contributed by atoms with Crippen LogP contribution in [-0.2, 0) is 26.2 Å². The average Bonchev–Trinajstić information content (AvgIpc) is 3.18. The van der Waals surface area contributed by atoms with E-state index in [4.69, 9.17) is 4.42 Å². The lowest BCUT2D eigenvalue weighted by molar-refractivity contribution is -0.143. The van der Waals surface area contributed by atoms with E-state index in [-0.39, 0.29) is 23.3 Å². The Morgan fingerprint density at radius 3 is 2.23 bits per heavy atom. The number of carbonyl (C=O) groups is 2. The number of nitrogens with zero attached hydrogens (tertiary/aromatic N) is 1. The van der Waals surface area contributed by atoms with Gasteiger partial charge in [-0.05, 0) is 51.0 Å². The van der Waals surface area contributed by atoms with Gasteiger partial charge in [-0.1, -0.05) is 32.0 Å². The Morgan fingerprint density at radius 2 is 1.71 bits per heavy atom. The van der Waals surface area contributed by atoms with Gasteiger partial charge in [-0.2, -0.15) is 0 Å². The third kappa shape index (κ3) is 7.22. The molecule has 0 saturated heterocycles. The standard InChI is InChI=1S/C22H31N3O5S/c1-16(2)20(21(27)24-22(3,4)5)25(15-17-10-9-13-30-17)19(26)14-23-31(28,29)18-11-7-6-8-12-18/h6-13,16,20,23H,14-15H2,1-5H3,(H,24,27)/t20-/m1/s1. The van der Waals surface area contributed by atoms with Crippen LogP contribution in [0.3, 0.4) is 0 Å². The summed E-state index contributed by atoms with van der Waals surface area (Å²) >= 11 is 0. The highest BCUT2D eigenvalue weighted by molar-refractivity contribution is 7.89. The lowest BCUT2D eigenvalue weighted by Crippen LogP contribution is -2.57. The summed E-state index contributed by atoms with van der Waals surface area (Å²) in [5.41, 5.74) is -0.488. The highest BCUT2D eigenvalue weighted by Gasteiger charge is 2.35. The number of benzene rings is 1. The third-order valence-corrected chi connectivity index (χ3v) is 5.84. The number of rotatable bonds is 9. The molecule has 2 rings (SSSR count). The first-order valence-electron chi connectivity index (χ1n) is 10.1. The van der Waals surface area contributed by atoms with Crippen LogP contribution in [0.4, 0.5) is 0 Å². The van der Waals surface area contributed by atoms with Gasteiger partial charge in [0.15, 0.2) is 0 Å². The van der Waals surface area contributed by atoms with Crippen molar-refractivity contribution in [2.75, 3.05) is 6.54 Å². The second-order valence-corrected chi connectivity index (χ2v) is 10.4. The van der Waals surface area contributed by atoms with Crippen molar-refractivity contribution in [2.24, 2.45) is 5.92 Å². The van der Waals surface area contributed by atoms with Gasteiger partial charge in [0.05, 0.1) is 24.2 Å². The van der Waals surface area contributed by atoms with Crippen LogP contribution in [0.5, 0.6) is 0 Å². The van der Waals surface area contributed by atoms with Crippen molar-refractivity contribution in [3.8, 4) is 0 Å². The second-order valence-electron chi connectivity index (χ2n) is 8.67. The molecule has 9 heteroatoms. The van der Waals surface area contributed by atoms with Gasteiger partial charge in [-0.3, -0.25) is 9.59 Å². The first kappa shape index (κ1) is 24.6. The second kappa shape index (κ2) is 10.1. The van der Waals surface area contributed by atoms with E-state index in [0.717, 1.165) is 0 Å². The fourth-order valence-corrected chi connectivity index (χ4v) is 4.10. The van der Waals surface area contributed by atoms with Crippen molar-refractivity contribution in [1.82, 2.24) is 14.9 Å². The van der Waals surface area contributed by atoms with Gasteiger partial charge in [0.2, 0.25) is 21.8 Å². The van der Waals surface area contributed by atoms with Crippen LogP contribution in [0.2, 0.25) is 0 Å². The van der Waals surface area contributed by atoms with Crippen LogP contribution in [-0.4, -0.2) is 43.3 Å². The Morgan fingerprint density at radius 1 is 1.06 bits per heavy atom. The van der Waals surface area contributed by atoms with E-state index in [2.05, 4.69) is 10.0 Å². The topological polar surface area (TPSA) is 109 Å². The average molecular weight is 450 g/mol. The van der Waals surface area contributed by atoms with Crippen LogP contribution < -0.4 is 10.0 Å². The monoisotopic (exact) mass is 449 g/mol. The van der Waals surface area contributed by atoms with Crippen molar-refractivity contribution in [2.45, 2.75) is 57.6 Å². The summed E-state index contributed by atoms with van der Waals surface area (Å²) in [7, 11) is -3.87. The number of carbonyl (C=O) groups excluding carboxylic acids is 2. The first-order valence-corrected chi connectivity index (χ1v) is 11.6. The largest absolute Gasteiger partial charge is 0.467 e. The Bertz CT molecular complexity index is 964. The van der Waals surface area contributed by atoms with Gasteiger partial charge >= 0.3 is 0 Å². The van der Waals surface area contributed by atoms with Crippen molar-refractivity contribution in [1.29, 1.82) is 0 Å². The summed E-state index contributed by atoms with van der Waals surface area (Å²) in [6, 6.07) is 10.4. The summed E-state index contributed by atoms with van der Waals surface area (Å²) < 4.78 is 32.8. The molecule has 0 saturated carbocycles. The van der Waals surface area contributed by atoms with Gasteiger partial charge in [0, 0.05) is 5.54 Å². The number of hydrogen-bond acceptors (Lipinski definition) is 5. The van der Waals surface area contributed by atoms with Crippen LogP contribution in [0.15, 0.2) is 58.0 Å². The minimum absolute atomic E-state index is 0.0410. The minimum atomic E-state index is -3.87. The van der Waals surface area contributed by atoms with Gasteiger partial charge in [-0.25, -0.2) is 13.1 Å². The molecule has 1 atom stereocenters. The molecular formula is C22H31N3O5S. The first-order chi connectivity index (χ1) is 14.4. The van der Waals surface area contributed by atoms with Gasteiger partial charge in [-0.15, -0.1) is 0 Å². The highest BCUT2D eigenvalue weighted by Crippen LogP contribution is 2.18. The molecule has 0 aliphatic carbocycles. The highest BCUT2D eigenvalue weighted by atomic mass is 32.2. The van der Waals surface area contributed by atoms with E-state index in [9.17, 15) is 18.0 Å². The molecule has 0 aliphatic rings. The maximum Gasteiger partial charge on any atom is 0.243 e. The predicted molar refractivity (Wildman–Crippen MR) is 117 cm³/mol. The van der Waals surface area contributed by atoms with Gasteiger partial charge in [0.25, 0.3) is 0 Å². The number of sulfonamides is 1. The van der Waals surface area contributed by atoms with Crippen molar-refractivity contribution in [3.63, 3.8) is 0 Å². The predicted octanol–water partition coefficient (Wildman–Crippen LogP) is 2.53. The van der Waals surface area contributed by atoms with E-state index in [0.29, 0.717) is 5.76 Å². The zero-order valence-corrected chi connectivity index (χ0v) is 19.4. The number of furan rings is 1. The molecule has 31 heavy (non-hydrogen) atoms. The van der Waals surface area contributed by atoms with Gasteiger partial charge < -0.3 is 14.6 Å². The third-order valence-electron chi connectivity index (χ3n) is 4.43. The summed E-state index contributed by atoms with van der Waals surface area (Å²) in [5, 5.41) is 2.91. The van der Waals surface area contributed by atoms with Crippen molar-refractivity contribution >= 4 is 21.8 Å². The fraction of sp³-hybridized carbons (Fsp3) is 0.455. The Balaban J connectivity index is 2.27. The molecule has 170 valence electrons. The number of hydrogen-bond donors (Lipinski definition) is 2. The maximum absolute atomic E-state index is 13.1. The molecule has 0 fully saturated rings. The molecule has 0 radical (unpaired) electrons. The summed E-state index contributed by atoms with van der Waals surface area (Å²) in [4.78, 5) is 27.6. The molecule has 2 N–H and O–H groups in total. The molecule has 2 aromatic rings. The Labute approximate surface area is 184 Å². The normalized spacial score (nSPS) is 13.1. The Kier molecular flexibility index (Phi) is 8.02. The van der Waals surface area contributed by atoms with Crippen LogP contribution >= 0.6 is 0 Å². The summed E-state index contributed by atoms with van der Waals surface area (Å²) in [6.07, 6.45) is 1.48. The molecule has 1 aromatic heterocycles. The number of amides is 2. The lowest BCUT2D eigenvalue weighted by Gasteiger charge is -2.35. The van der Waals surface area contributed by atoms with E-state index in [1.807, 2.05) is 34.6 Å². The van der Waals surface area contributed by atoms with E-state index < -0.39 is 34.1 Å². The van der Waals surface area contributed by atoms with Crippen molar-refractivity contribution < 1.29 is 22.4 Å². The fourth-order valence-electron chi connectivity index (χ4n) is 3.10. The smallest absolute Gasteiger partial charge is 0.243 e. The molecular weight excluding hydrogens is 418 g/mol. The van der Waals surface area contributed by atoms with E-state index in [1.54, 1.807) is 30.3 Å². The zero-order valence-electron chi connectivity index (χ0n) is 18.6. The van der Waals surface area contributed by atoms with E-state index >= 15 is 0 Å². The zero-order chi connectivity index (χ0) is 23.2. The molecule has 0 spiro atoms. The van der Waals surface area contributed by atoms with Crippen LogP contribution in [0.25, 0.3) is 0 Å². The molecule has 1 heterocycles. The lowest BCUT2D eigenvalue weighted by atomic mass is 9.99. The number of nitrogens with one attached hydrogen (secondary N) is 2. The Hall–Kier alpha value is -2.65. The molecule has 0 unspecified atom stereocenters. The van der Waals surface area contributed by atoms with Gasteiger partial charge in [0.1, 0.15) is 11.8 Å². The summed E-state index contributed by atoms with van der Waals surface area (Å²) in [5.74, 6) is -0.563. The molecule has 0 aliphatic heterocycles. The molecule has 2 amide bonds.